The number of likely N-dealkylation sites (N-methyl/N-ethyl adjacent to an activating group) is 1. The molecule has 0 amide bonds. The van der Waals surface area contributed by atoms with Gasteiger partial charge in [0.15, 0.2) is 11.2 Å². The zero-order chi connectivity index (χ0) is 19.0. The van der Waals surface area contributed by atoms with E-state index >= 15 is 0 Å². The minimum absolute atomic E-state index is 0.0317. The Labute approximate surface area is 154 Å². The van der Waals surface area contributed by atoms with E-state index < -0.39 is 5.82 Å². The standard InChI is InChI=1S/C18H19FN6O2/c1-3-7-25-17(26)14-16(22-15(21-14)11-9-20-24(2)10-11)23-18(25)27-13-6-4-5-12(19)8-13/h4-6,8-9,11H,3,7,10H2,1-2H3,(H,21,22). The van der Waals surface area contributed by atoms with E-state index in [0.29, 0.717) is 30.9 Å². The maximum absolute atomic E-state index is 13.5. The summed E-state index contributed by atoms with van der Waals surface area (Å²) >= 11 is 0. The summed E-state index contributed by atoms with van der Waals surface area (Å²) in [4.78, 5) is 24.9. The van der Waals surface area contributed by atoms with Crippen molar-refractivity contribution < 1.29 is 9.13 Å². The van der Waals surface area contributed by atoms with Crippen LogP contribution in [0.25, 0.3) is 11.2 Å². The summed E-state index contributed by atoms with van der Waals surface area (Å²) in [5.41, 5.74) is 0.333. The van der Waals surface area contributed by atoms with E-state index in [4.69, 9.17) is 4.74 Å². The zero-order valence-electron chi connectivity index (χ0n) is 15.0. The molecular weight excluding hydrogens is 351 g/mol. The van der Waals surface area contributed by atoms with E-state index in [9.17, 15) is 9.18 Å². The maximum Gasteiger partial charge on any atom is 0.306 e. The summed E-state index contributed by atoms with van der Waals surface area (Å²) in [5.74, 6) is 0.445. The normalized spacial score (nSPS) is 16.4. The highest BCUT2D eigenvalue weighted by Crippen LogP contribution is 2.23. The number of imidazole rings is 1. The van der Waals surface area contributed by atoms with Gasteiger partial charge in [0.2, 0.25) is 0 Å². The third-order valence-electron chi connectivity index (χ3n) is 4.30. The molecule has 1 N–H and O–H groups in total. The molecule has 0 saturated heterocycles. The number of hydrogen-bond acceptors (Lipinski definition) is 6. The summed E-state index contributed by atoms with van der Waals surface area (Å²) in [6, 6.07) is 5.80. The van der Waals surface area contributed by atoms with Gasteiger partial charge in [-0.2, -0.15) is 10.1 Å². The van der Waals surface area contributed by atoms with Crippen LogP contribution in [0, 0.1) is 5.82 Å². The van der Waals surface area contributed by atoms with E-state index in [1.54, 1.807) is 17.3 Å². The Morgan fingerprint density at radius 2 is 2.22 bits per heavy atom. The van der Waals surface area contributed by atoms with Gasteiger partial charge in [-0.1, -0.05) is 13.0 Å². The SMILES string of the molecule is CCCn1c(Oc2cccc(F)c2)nc2nc(C3C=NN(C)C3)[nH]c2c1=O. The summed E-state index contributed by atoms with van der Waals surface area (Å²) in [7, 11) is 1.87. The van der Waals surface area contributed by atoms with E-state index in [1.807, 2.05) is 14.0 Å². The smallest absolute Gasteiger partial charge is 0.306 e. The number of hydrogen-bond donors (Lipinski definition) is 1. The summed E-state index contributed by atoms with van der Waals surface area (Å²) in [5, 5.41) is 6.00. The lowest BCUT2D eigenvalue weighted by Gasteiger charge is -2.11. The molecule has 4 rings (SSSR count). The highest BCUT2D eigenvalue weighted by Gasteiger charge is 2.23. The summed E-state index contributed by atoms with van der Waals surface area (Å²) in [6.45, 7) is 3.05. The molecule has 3 heterocycles. The highest BCUT2D eigenvalue weighted by molar-refractivity contribution is 5.74. The Kier molecular flexibility index (Phi) is 4.35. The number of halogens is 1. The summed E-state index contributed by atoms with van der Waals surface area (Å²) in [6.07, 6.45) is 2.50. The van der Waals surface area contributed by atoms with Gasteiger partial charge in [0.25, 0.3) is 5.56 Å². The van der Waals surface area contributed by atoms with Gasteiger partial charge in [0.1, 0.15) is 17.4 Å². The number of nitrogens with zero attached hydrogens (tertiary/aromatic N) is 5. The molecule has 9 heteroatoms. The van der Waals surface area contributed by atoms with Crippen molar-refractivity contribution in [3.05, 3.63) is 46.3 Å². The molecular formula is C18H19FN6O2. The lowest BCUT2D eigenvalue weighted by molar-refractivity contribution is 0.379. The first-order chi connectivity index (χ1) is 13.0. The van der Waals surface area contributed by atoms with Crippen LogP contribution in [0.15, 0.2) is 34.2 Å². The number of hydrazone groups is 1. The fraction of sp³-hybridized carbons (Fsp3) is 0.333. The second kappa shape index (κ2) is 6.82. The van der Waals surface area contributed by atoms with Crippen LogP contribution in [0.4, 0.5) is 4.39 Å². The third-order valence-corrected chi connectivity index (χ3v) is 4.30. The fourth-order valence-corrected chi connectivity index (χ4v) is 3.03. The number of benzene rings is 1. The van der Waals surface area contributed by atoms with Crippen molar-refractivity contribution >= 4 is 17.4 Å². The average molecular weight is 370 g/mol. The van der Waals surface area contributed by atoms with E-state index in [1.165, 1.54) is 22.8 Å². The molecule has 2 aromatic heterocycles. The Hall–Kier alpha value is -3.23. The van der Waals surface area contributed by atoms with Crippen LogP contribution in [0.5, 0.6) is 11.8 Å². The molecule has 1 aliphatic rings. The van der Waals surface area contributed by atoms with Gasteiger partial charge >= 0.3 is 6.01 Å². The maximum atomic E-state index is 13.5. The van der Waals surface area contributed by atoms with Crippen molar-refractivity contribution in [2.75, 3.05) is 13.6 Å². The number of ether oxygens (including phenoxy) is 1. The second-order valence-corrected chi connectivity index (χ2v) is 6.44. The minimum atomic E-state index is -0.426. The monoisotopic (exact) mass is 370 g/mol. The zero-order valence-corrected chi connectivity index (χ0v) is 15.0. The van der Waals surface area contributed by atoms with Crippen LogP contribution >= 0.6 is 0 Å². The highest BCUT2D eigenvalue weighted by atomic mass is 19.1. The van der Waals surface area contributed by atoms with Crippen molar-refractivity contribution in [2.45, 2.75) is 25.8 Å². The Balaban J connectivity index is 1.79. The van der Waals surface area contributed by atoms with Crippen molar-refractivity contribution in [3.63, 3.8) is 0 Å². The topological polar surface area (TPSA) is 88.4 Å². The molecule has 0 fully saturated rings. The molecule has 0 radical (unpaired) electrons. The quantitative estimate of drug-likeness (QED) is 0.745. The van der Waals surface area contributed by atoms with Gasteiger partial charge in [-0.05, 0) is 18.6 Å². The lowest BCUT2D eigenvalue weighted by atomic mass is 10.2. The van der Waals surface area contributed by atoms with E-state index in [2.05, 4.69) is 20.1 Å². The number of aromatic amines is 1. The second-order valence-electron chi connectivity index (χ2n) is 6.44. The molecule has 3 aromatic rings. The molecule has 1 aliphatic heterocycles. The van der Waals surface area contributed by atoms with Crippen molar-refractivity contribution in [1.82, 2.24) is 24.5 Å². The first-order valence-corrected chi connectivity index (χ1v) is 8.74. The molecule has 0 aliphatic carbocycles. The molecule has 1 atom stereocenters. The van der Waals surface area contributed by atoms with Gasteiger partial charge < -0.3 is 9.72 Å². The van der Waals surface area contributed by atoms with E-state index in [-0.39, 0.29) is 28.9 Å². The lowest BCUT2D eigenvalue weighted by Crippen LogP contribution is -2.23. The first-order valence-electron chi connectivity index (χ1n) is 8.74. The molecule has 140 valence electrons. The van der Waals surface area contributed by atoms with Crippen LogP contribution in [0.2, 0.25) is 0 Å². The largest absolute Gasteiger partial charge is 0.425 e. The number of fused-ring (bicyclic) bond motifs is 1. The van der Waals surface area contributed by atoms with Crippen molar-refractivity contribution in [3.8, 4) is 11.8 Å². The van der Waals surface area contributed by atoms with Crippen LogP contribution < -0.4 is 10.3 Å². The van der Waals surface area contributed by atoms with Gasteiger partial charge in [-0.3, -0.25) is 14.4 Å². The van der Waals surface area contributed by atoms with Gasteiger partial charge in [0, 0.05) is 25.9 Å². The number of nitrogens with one attached hydrogen (secondary N) is 1. The van der Waals surface area contributed by atoms with Gasteiger partial charge in [-0.25, -0.2) is 9.37 Å². The van der Waals surface area contributed by atoms with Crippen LogP contribution in [0.1, 0.15) is 25.1 Å². The molecule has 1 unspecified atom stereocenters. The molecule has 27 heavy (non-hydrogen) atoms. The predicted molar refractivity (Wildman–Crippen MR) is 98.8 cm³/mol. The van der Waals surface area contributed by atoms with Crippen molar-refractivity contribution in [2.24, 2.45) is 5.10 Å². The minimum Gasteiger partial charge on any atom is -0.425 e. The fourth-order valence-electron chi connectivity index (χ4n) is 3.03. The predicted octanol–water partition coefficient (Wildman–Crippen LogP) is 2.48. The molecule has 0 saturated carbocycles. The van der Waals surface area contributed by atoms with Crippen LogP contribution in [-0.4, -0.2) is 44.3 Å². The Bertz CT molecular complexity index is 1070. The number of aromatic nitrogens is 4. The average Bonchev–Trinajstić information content (AvgIpc) is 3.25. The van der Waals surface area contributed by atoms with Gasteiger partial charge in [0.05, 0.1) is 12.5 Å². The van der Waals surface area contributed by atoms with Gasteiger partial charge in [-0.15, -0.1) is 0 Å². The molecule has 8 nitrogen and oxygen atoms in total. The number of H-pyrrole nitrogens is 1. The molecule has 1 aromatic carbocycles. The summed E-state index contributed by atoms with van der Waals surface area (Å²) < 4.78 is 20.6. The Morgan fingerprint density at radius 3 is 2.93 bits per heavy atom. The first kappa shape index (κ1) is 17.2. The number of rotatable bonds is 5. The third kappa shape index (κ3) is 3.27. The van der Waals surface area contributed by atoms with Crippen molar-refractivity contribution in [1.29, 1.82) is 0 Å². The molecule has 0 spiro atoms. The van der Waals surface area contributed by atoms with E-state index in [0.717, 1.165) is 0 Å². The Morgan fingerprint density at radius 1 is 1.37 bits per heavy atom. The molecule has 0 bridgehead atoms. The van der Waals surface area contributed by atoms with Crippen LogP contribution in [0.3, 0.4) is 0 Å². The van der Waals surface area contributed by atoms with Crippen LogP contribution in [-0.2, 0) is 6.54 Å².